The van der Waals surface area contributed by atoms with Crippen molar-refractivity contribution in [3.63, 3.8) is 0 Å². The zero-order valence-corrected chi connectivity index (χ0v) is 10.1. The lowest BCUT2D eigenvalue weighted by atomic mass is 10.2. The Balaban J connectivity index is 2.86. The minimum Gasteiger partial charge on any atom is -0.485 e. The van der Waals surface area contributed by atoms with E-state index in [0.29, 0.717) is 11.0 Å². The minimum atomic E-state index is -0.350. The van der Waals surface area contributed by atoms with E-state index in [0.717, 1.165) is 5.56 Å². The fourth-order valence-corrected chi connectivity index (χ4v) is 1.31. The normalized spacial score (nSPS) is 10.1. The number of ether oxygens (including phenoxy) is 1. The zero-order valence-electron chi connectivity index (χ0n) is 8.52. The van der Waals surface area contributed by atoms with Gasteiger partial charge in [0.1, 0.15) is 6.61 Å². The maximum absolute atomic E-state index is 13.4. The molecule has 1 N–H and O–H groups in total. The molecular formula is C11H13BrFNO. The van der Waals surface area contributed by atoms with Crippen LogP contribution in [-0.4, -0.2) is 13.7 Å². The summed E-state index contributed by atoms with van der Waals surface area (Å²) < 4.78 is 19.4. The maximum Gasteiger partial charge on any atom is 0.165 e. The Labute approximate surface area is 97.3 Å². The molecule has 4 heteroatoms. The molecule has 0 bridgehead atoms. The molecule has 0 radical (unpaired) electrons. The van der Waals surface area contributed by atoms with E-state index in [1.807, 2.05) is 6.07 Å². The van der Waals surface area contributed by atoms with Crippen molar-refractivity contribution in [2.24, 2.45) is 0 Å². The van der Waals surface area contributed by atoms with Gasteiger partial charge in [-0.25, -0.2) is 4.39 Å². The highest BCUT2D eigenvalue weighted by molar-refractivity contribution is 9.11. The van der Waals surface area contributed by atoms with Crippen LogP contribution >= 0.6 is 15.9 Å². The van der Waals surface area contributed by atoms with Gasteiger partial charge in [0.15, 0.2) is 11.6 Å². The van der Waals surface area contributed by atoms with Crippen molar-refractivity contribution in [1.29, 1.82) is 0 Å². The predicted octanol–water partition coefficient (Wildman–Crippen LogP) is 2.83. The van der Waals surface area contributed by atoms with Crippen LogP contribution in [0.3, 0.4) is 0 Å². The van der Waals surface area contributed by atoms with E-state index in [1.165, 1.54) is 6.07 Å². The Morgan fingerprint density at radius 2 is 2.33 bits per heavy atom. The van der Waals surface area contributed by atoms with Crippen LogP contribution in [0.5, 0.6) is 5.75 Å². The van der Waals surface area contributed by atoms with Gasteiger partial charge in [-0.2, -0.15) is 0 Å². The van der Waals surface area contributed by atoms with E-state index in [2.05, 4.69) is 27.8 Å². The maximum atomic E-state index is 13.4. The third-order valence-corrected chi connectivity index (χ3v) is 2.02. The van der Waals surface area contributed by atoms with Crippen LogP contribution in [0.2, 0.25) is 0 Å². The Morgan fingerprint density at radius 3 is 2.93 bits per heavy atom. The van der Waals surface area contributed by atoms with E-state index in [1.54, 1.807) is 13.1 Å². The predicted molar refractivity (Wildman–Crippen MR) is 62.7 cm³/mol. The average Bonchev–Trinajstić information content (AvgIpc) is 2.17. The van der Waals surface area contributed by atoms with E-state index in [9.17, 15) is 4.39 Å². The summed E-state index contributed by atoms with van der Waals surface area (Å²) in [6, 6.07) is 4.87. The van der Waals surface area contributed by atoms with Crippen LogP contribution in [0.25, 0.3) is 0 Å². The first kappa shape index (κ1) is 12.2. The molecule has 0 aliphatic rings. The van der Waals surface area contributed by atoms with Gasteiger partial charge in [0.2, 0.25) is 0 Å². The van der Waals surface area contributed by atoms with Crippen molar-refractivity contribution in [3.05, 3.63) is 40.6 Å². The molecule has 0 saturated carbocycles. The van der Waals surface area contributed by atoms with Crippen molar-refractivity contribution in [2.75, 3.05) is 13.7 Å². The highest BCUT2D eigenvalue weighted by atomic mass is 79.9. The number of rotatable bonds is 5. The van der Waals surface area contributed by atoms with Gasteiger partial charge < -0.3 is 10.1 Å². The summed E-state index contributed by atoms with van der Waals surface area (Å²) in [6.07, 6.45) is 0. The number of hydrogen-bond donors (Lipinski definition) is 1. The van der Waals surface area contributed by atoms with Crippen molar-refractivity contribution in [2.45, 2.75) is 6.54 Å². The SMILES string of the molecule is C=C(Br)COc1c(F)cccc1CNC. The lowest BCUT2D eigenvalue weighted by molar-refractivity contribution is 0.335. The summed E-state index contributed by atoms with van der Waals surface area (Å²) in [6.45, 7) is 4.46. The van der Waals surface area contributed by atoms with Gasteiger partial charge >= 0.3 is 0 Å². The van der Waals surface area contributed by atoms with Gasteiger partial charge in [-0.05, 0) is 13.1 Å². The Kier molecular flexibility index (Phi) is 4.78. The lowest BCUT2D eigenvalue weighted by Gasteiger charge is -2.11. The molecule has 0 aromatic heterocycles. The number of hydrogen-bond acceptors (Lipinski definition) is 2. The lowest BCUT2D eigenvalue weighted by Crippen LogP contribution is -2.09. The van der Waals surface area contributed by atoms with Crippen molar-refractivity contribution in [3.8, 4) is 5.75 Å². The number of halogens is 2. The van der Waals surface area contributed by atoms with Gasteiger partial charge in [0.25, 0.3) is 0 Å². The Hall–Kier alpha value is -0.870. The fraction of sp³-hybridized carbons (Fsp3) is 0.273. The topological polar surface area (TPSA) is 21.3 Å². The highest BCUT2D eigenvalue weighted by Gasteiger charge is 2.08. The molecular weight excluding hydrogens is 261 g/mol. The molecule has 0 aliphatic heterocycles. The van der Waals surface area contributed by atoms with Crippen LogP contribution in [-0.2, 0) is 6.54 Å². The number of nitrogens with one attached hydrogen (secondary N) is 1. The van der Waals surface area contributed by atoms with Crippen molar-refractivity contribution >= 4 is 15.9 Å². The molecule has 1 aromatic carbocycles. The second-order valence-electron chi connectivity index (χ2n) is 3.06. The molecule has 0 atom stereocenters. The summed E-state index contributed by atoms with van der Waals surface area (Å²) in [5.41, 5.74) is 0.797. The molecule has 1 aromatic rings. The fourth-order valence-electron chi connectivity index (χ4n) is 1.20. The molecule has 0 amide bonds. The van der Waals surface area contributed by atoms with E-state index in [4.69, 9.17) is 4.74 Å². The molecule has 2 nitrogen and oxygen atoms in total. The van der Waals surface area contributed by atoms with Crippen LogP contribution in [0, 0.1) is 5.82 Å². The third kappa shape index (κ3) is 3.64. The number of benzene rings is 1. The Morgan fingerprint density at radius 1 is 1.60 bits per heavy atom. The average molecular weight is 274 g/mol. The smallest absolute Gasteiger partial charge is 0.165 e. The molecule has 0 heterocycles. The van der Waals surface area contributed by atoms with Gasteiger partial charge in [-0.15, -0.1) is 0 Å². The second-order valence-corrected chi connectivity index (χ2v) is 4.19. The van der Waals surface area contributed by atoms with Gasteiger partial charge in [0.05, 0.1) is 0 Å². The summed E-state index contributed by atoms with van der Waals surface area (Å²) in [7, 11) is 1.80. The summed E-state index contributed by atoms with van der Waals surface area (Å²) in [4.78, 5) is 0. The second kappa shape index (κ2) is 5.88. The molecule has 0 aliphatic carbocycles. The third-order valence-electron chi connectivity index (χ3n) is 1.79. The first-order valence-corrected chi connectivity index (χ1v) is 5.32. The van der Waals surface area contributed by atoms with Gasteiger partial charge in [-0.3, -0.25) is 0 Å². The van der Waals surface area contributed by atoms with Gasteiger partial charge in [0, 0.05) is 16.6 Å². The minimum absolute atomic E-state index is 0.262. The molecule has 82 valence electrons. The molecule has 15 heavy (non-hydrogen) atoms. The van der Waals surface area contributed by atoms with Gasteiger partial charge in [-0.1, -0.05) is 34.6 Å². The Bertz CT molecular complexity index is 354. The van der Waals surface area contributed by atoms with E-state index >= 15 is 0 Å². The van der Waals surface area contributed by atoms with E-state index in [-0.39, 0.29) is 18.2 Å². The zero-order chi connectivity index (χ0) is 11.3. The molecule has 1 rings (SSSR count). The molecule has 0 fully saturated rings. The summed E-state index contributed by atoms with van der Waals surface area (Å²) in [5, 5.41) is 2.96. The molecule has 0 unspecified atom stereocenters. The largest absolute Gasteiger partial charge is 0.485 e. The standard InChI is InChI=1S/C11H13BrFNO/c1-8(12)7-15-11-9(6-14-2)4-3-5-10(11)13/h3-5,14H,1,6-7H2,2H3. The summed E-state index contributed by atoms with van der Waals surface area (Å²) in [5.74, 6) is -0.0658. The summed E-state index contributed by atoms with van der Waals surface area (Å²) >= 11 is 3.16. The van der Waals surface area contributed by atoms with Crippen LogP contribution in [0.15, 0.2) is 29.3 Å². The van der Waals surface area contributed by atoms with Crippen molar-refractivity contribution < 1.29 is 9.13 Å². The highest BCUT2D eigenvalue weighted by Crippen LogP contribution is 2.23. The van der Waals surface area contributed by atoms with Crippen LogP contribution < -0.4 is 10.1 Å². The van der Waals surface area contributed by atoms with Crippen LogP contribution in [0.1, 0.15) is 5.56 Å². The van der Waals surface area contributed by atoms with Crippen molar-refractivity contribution in [1.82, 2.24) is 5.32 Å². The molecule has 0 spiro atoms. The first-order valence-electron chi connectivity index (χ1n) is 4.53. The monoisotopic (exact) mass is 273 g/mol. The van der Waals surface area contributed by atoms with E-state index < -0.39 is 0 Å². The first-order chi connectivity index (χ1) is 7.15. The molecule has 0 saturated heterocycles. The quantitative estimate of drug-likeness (QED) is 0.891. The number of para-hydroxylation sites is 1. The van der Waals surface area contributed by atoms with Crippen LogP contribution in [0.4, 0.5) is 4.39 Å².